The number of rotatable bonds is 8. The molecule has 3 amide bonds. The van der Waals surface area contributed by atoms with Gasteiger partial charge in [0.05, 0.1) is 12.2 Å². The second-order valence-corrected chi connectivity index (χ2v) is 12.2. The Balaban J connectivity index is 1.49. The zero-order valence-electron chi connectivity index (χ0n) is 25.3. The van der Waals surface area contributed by atoms with E-state index in [1.165, 1.54) is 0 Å². The molecule has 8 heteroatoms. The third-order valence-electron chi connectivity index (χ3n) is 9.15. The minimum absolute atomic E-state index is 0.0185. The number of carbonyl (C=O) groups excluding carboxylic acids is 3. The van der Waals surface area contributed by atoms with Gasteiger partial charge in [-0.1, -0.05) is 56.9 Å². The van der Waals surface area contributed by atoms with E-state index in [0.29, 0.717) is 49.3 Å². The maximum Gasteiger partial charge on any atom is 0.264 e. The van der Waals surface area contributed by atoms with Crippen LogP contribution in [-0.2, 0) is 26.5 Å². The molecule has 0 radical (unpaired) electrons. The number of hydrogen-bond donors (Lipinski definition) is 2. The van der Waals surface area contributed by atoms with Crippen molar-refractivity contribution in [2.45, 2.75) is 89.7 Å². The summed E-state index contributed by atoms with van der Waals surface area (Å²) in [6.45, 7) is 3.32. The molecule has 3 aliphatic rings. The van der Waals surface area contributed by atoms with Crippen molar-refractivity contribution in [2.24, 2.45) is 5.92 Å². The fourth-order valence-electron chi connectivity index (χ4n) is 6.64. The third-order valence-corrected chi connectivity index (χ3v) is 9.15. The van der Waals surface area contributed by atoms with Crippen LogP contribution in [0.2, 0.25) is 0 Å². The zero-order chi connectivity index (χ0) is 30.4. The van der Waals surface area contributed by atoms with Gasteiger partial charge in [0.1, 0.15) is 0 Å². The van der Waals surface area contributed by atoms with Gasteiger partial charge in [-0.3, -0.25) is 14.4 Å². The minimum Gasteiger partial charge on any atom is -0.396 e. The molecule has 0 aliphatic carbocycles. The van der Waals surface area contributed by atoms with E-state index in [1.54, 1.807) is 28.9 Å². The van der Waals surface area contributed by atoms with E-state index in [2.05, 4.69) is 0 Å². The molecule has 0 unspecified atom stereocenters. The third kappa shape index (κ3) is 6.55. The van der Waals surface area contributed by atoms with Gasteiger partial charge in [0.25, 0.3) is 5.91 Å². The minimum atomic E-state index is -1.83. The number of amides is 3. The van der Waals surface area contributed by atoms with Gasteiger partial charge in [0.15, 0.2) is 5.60 Å². The summed E-state index contributed by atoms with van der Waals surface area (Å²) in [4.78, 5) is 45.4. The van der Waals surface area contributed by atoms with Crippen molar-refractivity contribution in [1.29, 1.82) is 0 Å². The lowest BCUT2D eigenvalue weighted by Crippen LogP contribution is -2.44. The van der Waals surface area contributed by atoms with E-state index < -0.39 is 17.4 Å². The number of nitrogens with zero attached hydrogens (tertiary/aromatic N) is 3. The second-order valence-electron chi connectivity index (χ2n) is 12.2. The Morgan fingerprint density at radius 1 is 0.837 bits per heavy atom. The molecular formula is C35H45N3O5. The molecule has 0 spiro atoms. The molecule has 3 aliphatic heterocycles. The van der Waals surface area contributed by atoms with Crippen LogP contribution >= 0.6 is 0 Å². The summed E-state index contributed by atoms with van der Waals surface area (Å²) in [5, 5.41) is 21.5. The van der Waals surface area contributed by atoms with Gasteiger partial charge < -0.3 is 24.9 Å². The highest BCUT2D eigenvalue weighted by Gasteiger charge is 2.52. The fourth-order valence-corrected chi connectivity index (χ4v) is 6.64. The number of benzene rings is 2. The average Bonchev–Trinajstić information content (AvgIpc) is 3.19. The smallest absolute Gasteiger partial charge is 0.264 e. The highest BCUT2D eigenvalue weighted by molar-refractivity contribution is 6.08. The molecule has 5 rings (SSSR count). The molecule has 0 bridgehead atoms. The zero-order valence-corrected chi connectivity index (χ0v) is 25.3. The fraction of sp³-hybridized carbons (Fsp3) is 0.514. The first-order valence-electron chi connectivity index (χ1n) is 16.0. The number of carbonyl (C=O) groups is 3. The largest absolute Gasteiger partial charge is 0.396 e. The van der Waals surface area contributed by atoms with E-state index in [9.17, 15) is 24.6 Å². The number of aliphatic hydroxyl groups is 2. The summed E-state index contributed by atoms with van der Waals surface area (Å²) in [6, 6.07) is 13.3. The van der Waals surface area contributed by atoms with Crippen LogP contribution in [0.4, 0.5) is 17.1 Å². The van der Waals surface area contributed by atoms with E-state index in [1.807, 2.05) is 47.4 Å². The van der Waals surface area contributed by atoms with Gasteiger partial charge in [-0.2, -0.15) is 0 Å². The Labute approximate surface area is 255 Å². The van der Waals surface area contributed by atoms with Crippen LogP contribution in [0.3, 0.4) is 0 Å². The monoisotopic (exact) mass is 587 g/mol. The topological polar surface area (TPSA) is 101 Å². The summed E-state index contributed by atoms with van der Waals surface area (Å²) in [5.74, 6) is -0.800. The van der Waals surface area contributed by atoms with Crippen molar-refractivity contribution in [3.8, 4) is 0 Å². The Morgan fingerprint density at radius 2 is 1.47 bits per heavy atom. The van der Waals surface area contributed by atoms with Crippen molar-refractivity contribution in [3.63, 3.8) is 0 Å². The molecule has 0 saturated carbocycles. The normalized spacial score (nSPS) is 22.8. The van der Waals surface area contributed by atoms with Crippen LogP contribution in [0.25, 0.3) is 0 Å². The lowest BCUT2D eigenvalue weighted by atomic mass is 9.82. The number of aliphatic hydroxyl groups excluding tert-OH is 1. The summed E-state index contributed by atoms with van der Waals surface area (Å²) < 4.78 is 0. The molecule has 43 heavy (non-hydrogen) atoms. The Bertz CT molecular complexity index is 1360. The van der Waals surface area contributed by atoms with Crippen LogP contribution in [0.5, 0.6) is 0 Å². The molecule has 230 valence electrons. The Kier molecular flexibility index (Phi) is 9.98. The lowest BCUT2D eigenvalue weighted by molar-refractivity contribution is -0.139. The summed E-state index contributed by atoms with van der Waals surface area (Å²) >= 11 is 0. The number of anilines is 3. The predicted molar refractivity (Wildman–Crippen MR) is 169 cm³/mol. The first-order valence-corrected chi connectivity index (χ1v) is 16.0. The van der Waals surface area contributed by atoms with Crippen LogP contribution in [0, 0.1) is 5.92 Å². The summed E-state index contributed by atoms with van der Waals surface area (Å²) in [6.07, 6.45) is 13.0. The van der Waals surface area contributed by atoms with Crippen molar-refractivity contribution in [1.82, 2.24) is 0 Å². The first-order chi connectivity index (χ1) is 20.8. The van der Waals surface area contributed by atoms with Crippen LogP contribution in [0.15, 0.2) is 54.6 Å². The van der Waals surface area contributed by atoms with Crippen LogP contribution in [-0.4, -0.2) is 47.6 Å². The second kappa shape index (κ2) is 13.9. The predicted octanol–water partition coefficient (Wildman–Crippen LogP) is 5.59. The van der Waals surface area contributed by atoms with Crippen LogP contribution < -0.4 is 14.7 Å². The molecule has 0 aromatic heterocycles. The quantitative estimate of drug-likeness (QED) is 0.392. The van der Waals surface area contributed by atoms with Crippen molar-refractivity contribution in [2.75, 3.05) is 34.4 Å². The molecule has 2 fully saturated rings. The molecule has 2 N–H and O–H groups in total. The lowest BCUT2D eigenvalue weighted by Gasteiger charge is -2.29. The van der Waals surface area contributed by atoms with E-state index >= 15 is 0 Å². The standard InChI is InChI=1S/C35H45N3O5/c1-26(13-8-11-22-39)35(43)30-24-29(37-21-10-5-3-7-17-33(37)41)18-19-31(30)38(34(35)42)25-27-14-12-15-28(23-27)36-20-9-4-2-6-16-32(36)40/h8,12-15,18-19,23-24,26,39,43H,2-7,9-11,16-17,20-22,25H2,1H3/b13-8+/t26-,35+/m1/s1. The average molecular weight is 588 g/mol. The maximum atomic E-state index is 14.2. The van der Waals surface area contributed by atoms with Gasteiger partial charge in [-0.25, -0.2) is 0 Å². The maximum absolute atomic E-state index is 14.2. The molecule has 2 saturated heterocycles. The Hall–Kier alpha value is -3.49. The summed E-state index contributed by atoms with van der Waals surface area (Å²) in [5.41, 5.74) is 1.66. The van der Waals surface area contributed by atoms with Gasteiger partial charge >= 0.3 is 0 Å². The molecular weight excluding hydrogens is 542 g/mol. The van der Waals surface area contributed by atoms with Crippen molar-refractivity contribution >= 4 is 34.8 Å². The van der Waals surface area contributed by atoms with Crippen molar-refractivity contribution < 1.29 is 24.6 Å². The molecule has 8 nitrogen and oxygen atoms in total. The van der Waals surface area contributed by atoms with E-state index in [-0.39, 0.29) is 25.0 Å². The highest BCUT2D eigenvalue weighted by atomic mass is 16.3. The highest BCUT2D eigenvalue weighted by Crippen LogP contribution is 2.47. The number of fused-ring (bicyclic) bond motifs is 1. The van der Waals surface area contributed by atoms with Gasteiger partial charge in [-0.05, 0) is 68.0 Å². The molecule has 3 heterocycles. The molecule has 2 aromatic carbocycles. The molecule has 2 atom stereocenters. The first kappa shape index (κ1) is 31.0. The SMILES string of the molecule is C[C@H](/C=C/CCO)[C@@]1(O)C(=O)N(Cc2cccc(N3CCCCCCC3=O)c2)c2ccc(N3CCCCCCC3=O)cc21. The number of hydrogen-bond acceptors (Lipinski definition) is 5. The Morgan fingerprint density at radius 3 is 2.12 bits per heavy atom. The van der Waals surface area contributed by atoms with Crippen LogP contribution in [0.1, 0.15) is 88.7 Å². The van der Waals surface area contributed by atoms with E-state index in [4.69, 9.17) is 0 Å². The molecule has 2 aromatic rings. The van der Waals surface area contributed by atoms with Gasteiger partial charge in [-0.15, -0.1) is 0 Å². The van der Waals surface area contributed by atoms with Crippen molar-refractivity contribution in [3.05, 3.63) is 65.7 Å². The van der Waals surface area contributed by atoms with Gasteiger partial charge in [0.2, 0.25) is 11.8 Å². The van der Waals surface area contributed by atoms with E-state index in [0.717, 1.165) is 62.6 Å². The summed E-state index contributed by atoms with van der Waals surface area (Å²) in [7, 11) is 0. The van der Waals surface area contributed by atoms with Gasteiger partial charge in [0, 0.05) is 55.4 Å².